The van der Waals surface area contributed by atoms with Gasteiger partial charge in [0.05, 0.1) is 51.0 Å². The van der Waals surface area contributed by atoms with E-state index in [1.54, 1.807) is 15.2 Å². The van der Waals surface area contributed by atoms with E-state index in [0.717, 1.165) is 65.3 Å². The number of nitrogen functional groups attached to an aromatic ring is 1. The van der Waals surface area contributed by atoms with Crippen LogP contribution < -0.4 is 31.9 Å². The molecule has 2 aromatic heterocycles. The van der Waals surface area contributed by atoms with Crippen molar-refractivity contribution in [1.82, 2.24) is 19.1 Å². The highest BCUT2D eigenvalue weighted by atomic mass is 35.5. The SMILES string of the molecule is CCC(C)(C)CNc1ccc2c(c1)CCn1c-2cc(OC[C@@H]2COCCO2)nc1=O.Cl.Nc1ccc2c(c1)CCn1c-2cc(OC[C@@H]2COCCO2)nc1=O. The summed E-state index contributed by atoms with van der Waals surface area (Å²) in [7, 11) is 0. The third kappa shape index (κ3) is 9.86. The summed E-state index contributed by atoms with van der Waals surface area (Å²) in [5.41, 5.74) is 13.5. The van der Waals surface area contributed by atoms with E-state index in [2.05, 4.69) is 54.3 Å². The fraction of sp³-hybridized carbons (Fsp3) is 0.500. The number of nitrogens with zero attached hydrogens (tertiary/aromatic N) is 4. The number of rotatable bonds is 10. The Balaban J connectivity index is 0.000000188. The van der Waals surface area contributed by atoms with Gasteiger partial charge in [-0.05, 0) is 60.1 Å². The highest BCUT2D eigenvalue weighted by molar-refractivity contribution is 5.85. The number of fused-ring (bicyclic) bond motifs is 6. The van der Waals surface area contributed by atoms with Crippen molar-refractivity contribution in [2.45, 2.75) is 65.3 Å². The second-order valence-electron chi connectivity index (χ2n) is 14.7. The lowest BCUT2D eigenvalue weighted by molar-refractivity contribution is -0.102. The van der Waals surface area contributed by atoms with Crippen LogP contribution in [0.4, 0.5) is 11.4 Å². The molecule has 0 amide bonds. The number of ether oxygens (including phenoxy) is 6. The van der Waals surface area contributed by atoms with E-state index in [1.165, 1.54) is 5.56 Å². The zero-order valence-corrected chi connectivity index (χ0v) is 32.5. The standard InChI is InChI=1S/C23H31N3O4.C17H19N3O4.ClH/c1-4-23(2,3)15-24-17-5-6-19-16(11-17)7-8-26-20(19)12-21(25-22(26)27)30-14-18-13-28-9-10-29-18;18-12-1-2-14-11(7-12)3-4-20-15(14)8-16(19-17(20)21)24-10-13-9-22-5-6-23-13;/h5-6,11-12,18,24H,4,7-10,13-15H2,1-3H3;1-2,7-8,13H,3-6,9-10,18H2;1H/t18-;13-;/m00./s1. The molecule has 0 saturated carbocycles. The maximum absolute atomic E-state index is 12.6. The second kappa shape index (κ2) is 18.0. The molecule has 4 aliphatic heterocycles. The third-order valence-corrected chi connectivity index (χ3v) is 10.3. The highest BCUT2D eigenvalue weighted by Gasteiger charge is 2.23. The minimum atomic E-state index is -0.300. The quantitative estimate of drug-likeness (QED) is 0.219. The van der Waals surface area contributed by atoms with Gasteiger partial charge in [-0.3, -0.25) is 9.13 Å². The number of nitrogens with two attached hydrogens (primary N) is 1. The van der Waals surface area contributed by atoms with Crippen LogP contribution in [0.2, 0.25) is 0 Å². The number of benzene rings is 2. The predicted octanol–water partition coefficient (Wildman–Crippen LogP) is 4.37. The lowest BCUT2D eigenvalue weighted by atomic mass is 9.90. The van der Waals surface area contributed by atoms with E-state index in [4.69, 9.17) is 34.2 Å². The molecule has 8 rings (SSSR count). The van der Waals surface area contributed by atoms with Crippen molar-refractivity contribution in [3.05, 3.63) is 80.6 Å². The maximum atomic E-state index is 12.6. The number of aryl methyl sites for hydroxylation is 2. The van der Waals surface area contributed by atoms with Gasteiger partial charge in [0.25, 0.3) is 0 Å². The number of halogens is 1. The summed E-state index contributed by atoms with van der Waals surface area (Å²) in [5, 5.41) is 3.56. The van der Waals surface area contributed by atoms with Crippen LogP contribution in [0, 0.1) is 5.41 Å². The Labute approximate surface area is 326 Å². The van der Waals surface area contributed by atoms with Gasteiger partial charge in [-0.2, -0.15) is 9.97 Å². The molecule has 0 radical (unpaired) electrons. The zero-order chi connectivity index (χ0) is 37.7. The van der Waals surface area contributed by atoms with Gasteiger partial charge < -0.3 is 39.5 Å². The lowest BCUT2D eigenvalue weighted by Crippen LogP contribution is -2.34. The zero-order valence-electron chi connectivity index (χ0n) is 31.7. The van der Waals surface area contributed by atoms with E-state index in [-0.39, 0.29) is 41.4 Å². The molecule has 6 heterocycles. The summed E-state index contributed by atoms with van der Waals surface area (Å²) in [5.74, 6) is 0.644. The normalized spacial score (nSPS) is 18.5. The molecule has 2 saturated heterocycles. The molecular formula is C40H51ClN6O8. The Morgan fingerprint density at radius 2 is 1.31 bits per heavy atom. The number of aromatic nitrogens is 4. The van der Waals surface area contributed by atoms with Gasteiger partial charge in [-0.25, -0.2) is 9.59 Å². The van der Waals surface area contributed by atoms with E-state index < -0.39 is 0 Å². The largest absolute Gasteiger partial charge is 0.475 e. The molecule has 14 nitrogen and oxygen atoms in total. The van der Waals surface area contributed by atoms with Crippen LogP contribution in [0.5, 0.6) is 11.8 Å². The number of nitrogens with one attached hydrogen (secondary N) is 1. The molecule has 3 N–H and O–H groups in total. The summed E-state index contributed by atoms with van der Waals surface area (Å²) in [6.45, 7) is 12.8. The van der Waals surface area contributed by atoms with Crippen molar-refractivity contribution < 1.29 is 28.4 Å². The van der Waals surface area contributed by atoms with Crippen LogP contribution in [0.15, 0.2) is 58.1 Å². The molecule has 55 heavy (non-hydrogen) atoms. The topological polar surface area (TPSA) is 163 Å². The number of anilines is 2. The first-order chi connectivity index (χ1) is 26.2. The molecule has 0 aliphatic carbocycles. The van der Waals surface area contributed by atoms with Gasteiger partial charge in [0.1, 0.15) is 25.4 Å². The summed E-state index contributed by atoms with van der Waals surface area (Å²) in [4.78, 5) is 33.0. The molecule has 0 unspecified atom stereocenters. The van der Waals surface area contributed by atoms with Gasteiger partial charge in [-0.1, -0.05) is 32.9 Å². The fourth-order valence-electron chi connectivity index (χ4n) is 6.78. The van der Waals surface area contributed by atoms with Crippen LogP contribution in [0.3, 0.4) is 0 Å². The van der Waals surface area contributed by atoms with Crippen LogP contribution in [-0.2, 0) is 44.9 Å². The summed E-state index contributed by atoms with van der Waals surface area (Å²) < 4.78 is 36.7. The monoisotopic (exact) mass is 778 g/mol. The van der Waals surface area contributed by atoms with Crippen molar-refractivity contribution in [3.8, 4) is 34.3 Å². The van der Waals surface area contributed by atoms with Gasteiger partial charge in [0, 0.05) is 54.3 Å². The van der Waals surface area contributed by atoms with Crippen molar-refractivity contribution >= 4 is 23.8 Å². The van der Waals surface area contributed by atoms with E-state index in [1.807, 2.05) is 24.3 Å². The predicted molar refractivity (Wildman–Crippen MR) is 212 cm³/mol. The van der Waals surface area contributed by atoms with Gasteiger partial charge >= 0.3 is 11.4 Å². The minimum absolute atomic E-state index is 0. The van der Waals surface area contributed by atoms with Gasteiger partial charge in [0.15, 0.2) is 0 Å². The second-order valence-corrected chi connectivity index (χ2v) is 14.7. The molecule has 296 valence electrons. The van der Waals surface area contributed by atoms with Gasteiger partial charge in [-0.15, -0.1) is 12.4 Å². The maximum Gasteiger partial charge on any atom is 0.351 e. The lowest BCUT2D eigenvalue weighted by Gasteiger charge is -2.26. The molecule has 15 heteroatoms. The van der Waals surface area contributed by atoms with Crippen molar-refractivity contribution in [2.24, 2.45) is 5.41 Å². The molecule has 0 spiro atoms. The summed E-state index contributed by atoms with van der Waals surface area (Å²) in [6.07, 6.45) is 2.43. The Hall–Kier alpha value is -4.47. The number of hydrogen-bond donors (Lipinski definition) is 2. The van der Waals surface area contributed by atoms with Crippen LogP contribution in [0.1, 0.15) is 38.3 Å². The Bertz CT molecular complexity index is 2060. The Kier molecular flexibility index (Phi) is 13.1. The number of hydrogen-bond acceptors (Lipinski definition) is 12. The van der Waals surface area contributed by atoms with Gasteiger partial charge in [0.2, 0.25) is 11.8 Å². The van der Waals surface area contributed by atoms with Crippen molar-refractivity contribution in [3.63, 3.8) is 0 Å². The summed E-state index contributed by atoms with van der Waals surface area (Å²) >= 11 is 0. The molecule has 2 atom stereocenters. The van der Waals surface area contributed by atoms with E-state index >= 15 is 0 Å². The molecular weight excluding hydrogens is 728 g/mol. The Morgan fingerprint density at radius 1 is 0.782 bits per heavy atom. The van der Waals surface area contributed by atoms with E-state index in [0.29, 0.717) is 77.7 Å². The average Bonchev–Trinajstić information content (AvgIpc) is 3.19. The van der Waals surface area contributed by atoms with Crippen molar-refractivity contribution in [1.29, 1.82) is 0 Å². The van der Waals surface area contributed by atoms with Crippen LogP contribution >= 0.6 is 12.4 Å². The van der Waals surface area contributed by atoms with Crippen molar-refractivity contribution in [2.75, 3.05) is 70.5 Å². The Morgan fingerprint density at radius 3 is 1.82 bits per heavy atom. The molecule has 0 bridgehead atoms. The fourth-order valence-corrected chi connectivity index (χ4v) is 6.78. The van der Waals surface area contributed by atoms with Crippen LogP contribution in [0.25, 0.3) is 22.5 Å². The summed E-state index contributed by atoms with van der Waals surface area (Å²) in [6, 6.07) is 15.8. The highest BCUT2D eigenvalue weighted by Crippen LogP contribution is 2.33. The minimum Gasteiger partial charge on any atom is -0.475 e. The molecule has 2 aromatic carbocycles. The van der Waals surface area contributed by atoms with Crippen LogP contribution in [-0.4, -0.2) is 90.7 Å². The molecule has 4 aliphatic rings. The first-order valence-electron chi connectivity index (χ1n) is 18.8. The first-order valence-corrected chi connectivity index (χ1v) is 18.8. The third-order valence-electron chi connectivity index (χ3n) is 10.3. The van der Waals surface area contributed by atoms with E-state index in [9.17, 15) is 9.59 Å². The smallest absolute Gasteiger partial charge is 0.351 e. The molecule has 4 aromatic rings. The molecule has 2 fully saturated rings. The average molecular weight is 779 g/mol. The first kappa shape index (κ1) is 40.2.